The molecule has 0 amide bonds. The molecule has 2 aromatic heterocycles. The molecule has 0 fully saturated rings. The summed E-state index contributed by atoms with van der Waals surface area (Å²) in [5.74, 6) is 0. The maximum absolute atomic E-state index is 2.51. The van der Waals surface area contributed by atoms with Crippen LogP contribution in [0.2, 0.25) is 0 Å². The van der Waals surface area contributed by atoms with Crippen molar-refractivity contribution in [1.82, 2.24) is 9.13 Å². The fraction of sp³-hybridized carbons (Fsp3) is 0. The number of nitrogens with zero attached hydrogens (tertiary/aromatic N) is 2. The fourth-order valence-electron chi connectivity index (χ4n) is 9.29. The molecule has 3 heterocycles. The van der Waals surface area contributed by atoms with Gasteiger partial charge in [-0.15, -0.1) is 0 Å². The Kier molecular flexibility index (Phi) is 6.66. The van der Waals surface area contributed by atoms with Gasteiger partial charge in [-0.3, -0.25) is 0 Å². The molecule has 1 aliphatic heterocycles. The van der Waals surface area contributed by atoms with Crippen molar-refractivity contribution < 1.29 is 0 Å². The standard InChI is InChI=1S/C54H34N2/c1-3-13-35(14-4-1)37-23-27-41(28-24-37)55-50-21-11-9-19-44(50)47-32-39(26-29-52(47)55)40-33-48-43-18-8-7-17-42(43)46-31-38(36-15-5-2-6-16-36)25-30-53(46)56-51-22-12-10-20-45(51)49(34-40)54(48)56/h1-34H. The van der Waals surface area contributed by atoms with Gasteiger partial charge in [0.25, 0.3) is 0 Å². The summed E-state index contributed by atoms with van der Waals surface area (Å²) in [7, 11) is 0. The Morgan fingerprint density at radius 1 is 0.250 bits per heavy atom. The maximum Gasteiger partial charge on any atom is 0.0620 e. The average molecular weight is 711 g/mol. The molecule has 1 aliphatic rings. The third-order valence-electron chi connectivity index (χ3n) is 11.9. The van der Waals surface area contributed by atoms with E-state index in [2.05, 4.69) is 215 Å². The minimum atomic E-state index is 1.16. The third-order valence-corrected chi connectivity index (χ3v) is 11.9. The van der Waals surface area contributed by atoms with E-state index >= 15 is 0 Å². The van der Waals surface area contributed by atoms with Crippen molar-refractivity contribution in [2.24, 2.45) is 0 Å². The van der Waals surface area contributed by atoms with Crippen LogP contribution in [0.25, 0.3) is 111 Å². The van der Waals surface area contributed by atoms with Gasteiger partial charge >= 0.3 is 0 Å². The summed E-state index contributed by atoms with van der Waals surface area (Å²) in [6, 6.07) is 75.8. The second kappa shape index (κ2) is 12.0. The molecule has 260 valence electrons. The van der Waals surface area contributed by atoms with Crippen molar-refractivity contribution in [3.63, 3.8) is 0 Å². The largest absolute Gasteiger partial charge is 0.309 e. The summed E-state index contributed by atoms with van der Waals surface area (Å²) in [4.78, 5) is 0. The molecule has 0 atom stereocenters. The van der Waals surface area contributed by atoms with Gasteiger partial charge in [-0.25, -0.2) is 0 Å². The zero-order chi connectivity index (χ0) is 36.7. The first-order chi connectivity index (χ1) is 27.8. The number of rotatable bonds is 4. The minimum absolute atomic E-state index is 1.16. The monoisotopic (exact) mass is 710 g/mol. The molecule has 0 aliphatic carbocycles. The second-order valence-corrected chi connectivity index (χ2v) is 14.9. The Labute approximate surface area is 324 Å². The first kappa shape index (κ1) is 31.0. The summed E-state index contributed by atoms with van der Waals surface area (Å²) in [6.07, 6.45) is 0. The molecule has 9 aromatic carbocycles. The molecule has 0 bridgehead atoms. The predicted molar refractivity (Wildman–Crippen MR) is 236 cm³/mol. The number of fused-ring (bicyclic) bond motifs is 11. The lowest BCUT2D eigenvalue weighted by Crippen LogP contribution is -1.96. The Morgan fingerprint density at radius 2 is 0.732 bits per heavy atom. The third kappa shape index (κ3) is 4.57. The molecule has 56 heavy (non-hydrogen) atoms. The molecular weight excluding hydrogens is 677 g/mol. The molecule has 0 saturated carbocycles. The van der Waals surface area contributed by atoms with Crippen LogP contribution in [0.1, 0.15) is 0 Å². The highest BCUT2D eigenvalue weighted by atomic mass is 15.0. The molecule has 2 nitrogen and oxygen atoms in total. The van der Waals surface area contributed by atoms with Gasteiger partial charge in [0.1, 0.15) is 0 Å². The fourth-order valence-corrected chi connectivity index (χ4v) is 9.29. The van der Waals surface area contributed by atoms with Gasteiger partial charge < -0.3 is 9.13 Å². The van der Waals surface area contributed by atoms with Crippen LogP contribution in [-0.2, 0) is 0 Å². The Bertz CT molecular complexity index is 3330. The van der Waals surface area contributed by atoms with E-state index in [1.54, 1.807) is 0 Å². The van der Waals surface area contributed by atoms with Gasteiger partial charge in [-0.05, 0) is 105 Å². The lowest BCUT2D eigenvalue weighted by atomic mass is 9.90. The molecule has 0 saturated heterocycles. The van der Waals surface area contributed by atoms with Gasteiger partial charge in [0.15, 0.2) is 0 Å². The highest BCUT2D eigenvalue weighted by molar-refractivity contribution is 6.18. The first-order valence-corrected chi connectivity index (χ1v) is 19.3. The summed E-state index contributed by atoms with van der Waals surface area (Å²) in [5.41, 5.74) is 19.6. The van der Waals surface area contributed by atoms with Gasteiger partial charge in [0.05, 0.1) is 27.8 Å². The molecule has 0 radical (unpaired) electrons. The average Bonchev–Trinajstić information content (AvgIpc) is 3.75. The zero-order valence-electron chi connectivity index (χ0n) is 30.5. The summed E-state index contributed by atoms with van der Waals surface area (Å²) >= 11 is 0. The van der Waals surface area contributed by atoms with E-state index < -0.39 is 0 Å². The second-order valence-electron chi connectivity index (χ2n) is 14.9. The van der Waals surface area contributed by atoms with E-state index in [4.69, 9.17) is 0 Å². The molecule has 0 spiro atoms. The number of para-hydroxylation sites is 2. The van der Waals surface area contributed by atoms with Gasteiger partial charge in [0, 0.05) is 38.4 Å². The van der Waals surface area contributed by atoms with E-state index in [-0.39, 0.29) is 0 Å². The van der Waals surface area contributed by atoms with Crippen molar-refractivity contribution in [3.8, 4) is 67.0 Å². The van der Waals surface area contributed by atoms with Crippen molar-refractivity contribution in [2.45, 2.75) is 0 Å². The van der Waals surface area contributed by atoms with E-state index in [1.165, 1.54) is 105 Å². The van der Waals surface area contributed by atoms with Gasteiger partial charge in [-0.1, -0.05) is 146 Å². The smallest absolute Gasteiger partial charge is 0.0620 e. The van der Waals surface area contributed by atoms with E-state index in [9.17, 15) is 0 Å². The Morgan fingerprint density at radius 3 is 1.46 bits per heavy atom. The SMILES string of the molecule is c1ccc(-c2ccc(-n3c4ccccc4c4cc(-c5cc6c7c(c5)c5ccccc5n7-c5ccc(-c7ccccc7)cc5-c5ccccc5-6)ccc43)cc2)cc1. The maximum atomic E-state index is 2.51. The van der Waals surface area contributed by atoms with Crippen LogP contribution in [-0.4, -0.2) is 9.13 Å². The summed E-state index contributed by atoms with van der Waals surface area (Å²) < 4.78 is 4.92. The van der Waals surface area contributed by atoms with Crippen LogP contribution >= 0.6 is 0 Å². The molecule has 0 N–H and O–H groups in total. The number of hydrogen-bond acceptors (Lipinski definition) is 0. The van der Waals surface area contributed by atoms with Crippen molar-refractivity contribution >= 4 is 43.6 Å². The predicted octanol–water partition coefficient (Wildman–Crippen LogP) is 14.5. The molecule has 12 rings (SSSR count). The van der Waals surface area contributed by atoms with Gasteiger partial charge in [0.2, 0.25) is 0 Å². The van der Waals surface area contributed by atoms with Gasteiger partial charge in [-0.2, -0.15) is 0 Å². The van der Waals surface area contributed by atoms with Crippen LogP contribution in [0.5, 0.6) is 0 Å². The zero-order valence-corrected chi connectivity index (χ0v) is 30.5. The van der Waals surface area contributed by atoms with Crippen molar-refractivity contribution in [3.05, 3.63) is 206 Å². The Hall–Kier alpha value is -7.42. The van der Waals surface area contributed by atoms with Crippen LogP contribution < -0.4 is 0 Å². The van der Waals surface area contributed by atoms with E-state index in [1.807, 2.05) is 0 Å². The number of aromatic nitrogens is 2. The highest BCUT2D eigenvalue weighted by Crippen LogP contribution is 2.49. The lowest BCUT2D eigenvalue weighted by molar-refractivity contribution is 1.18. The molecule has 0 unspecified atom stereocenters. The Balaban J connectivity index is 1.08. The molecular formula is C54H34N2. The molecule has 2 heteroatoms. The minimum Gasteiger partial charge on any atom is -0.309 e. The van der Waals surface area contributed by atoms with Crippen LogP contribution in [0.4, 0.5) is 0 Å². The van der Waals surface area contributed by atoms with Crippen molar-refractivity contribution in [1.29, 1.82) is 0 Å². The van der Waals surface area contributed by atoms with Crippen LogP contribution in [0, 0.1) is 0 Å². The quantitative estimate of drug-likeness (QED) is 0.172. The molecule has 11 aromatic rings. The van der Waals surface area contributed by atoms with E-state index in [0.29, 0.717) is 0 Å². The topological polar surface area (TPSA) is 9.86 Å². The lowest BCUT2D eigenvalue weighted by Gasteiger charge is -2.14. The van der Waals surface area contributed by atoms with Crippen LogP contribution in [0.15, 0.2) is 206 Å². The van der Waals surface area contributed by atoms with Crippen molar-refractivity contribution in [2.75, 3.05) is 0 Å². The normalized spacial score (nSPS) is 11.9. The number of hydrogen-bond donors (Lipinski definition) is 0. The highest BCUT2D eigenvalue weighted by Gasteiger charge is 2.26. The van der Waals surface area contributed by atoms with Crippen LogP contribution in [0.3, 0.4) is 0 Å². The summed E-state index contributed by atoms with van der Waals surface area (Å²) in [6.45, 7) is 0. The first-order valence-electron chi connectivity index (χ1n) is 19.3. The summed E-state index contributed by atoms with van der Waals surface area (Å²) in [5, 5.41) is 5.03. The number of benzene rings is 9. The van der Waals surface area contributed by atoms with E-state index in [0.717, 1.165) is 5.69 Å².